The van der Waals surface area contributed by atoms with Crippen LogP contribution in [0.2, 0.25) is 0 Å². The number of benzene rings is 1. The largest absolute Gasteiger partial charge is 0.480 e. The molecule has 2 rings (SSSR count). The Balaban J connectivity index is 1.97. The standard InChI is InChI=1S/C18H27NO2/c1-2-3-4-5-7-14-8-6-9-15(12-14)16-10-11-18(19,13-16)17(20)21/h6,8-9,12,16H,2-5,7,10-11,13,19H2,1H3,(H,20,21)/t16-,18?/m0/s1. The molecule has 0 aromatic heterocycles. The van der Waals surface area contributed by atoms with Gasteiger partial charge in [-0.1, -0.05) is 50.5 Å². The van der Waals surface area contributed by atoms with Crippen LogP contribution < -0.4 is 5.73 Å². The minimum absolute atomic E-state index is 0.293. The number of carbonyl (C=O) groups is 1. The van der Waals surface area contributed by atoms with Crippen molar-refractivity contribution in [2.75, 3.05) is 0 Å². The molecule has 1 saturated carbocycles. The Bertz CT molecular complexity index is 486. The first-order valence-corrected chi connectivity index (χ1v) is 8.16. The van der Waals surface area contributed by atoms with Gasteiger partial charge in [0, 0.05) is 0 Å². The van der Waals surface area contributed by atoms with Crippen LogP contribution in [0.3, 0.4) is 0 Å². The van der Waals surface area contributed by atoms with E-state index in [-0.39, 0.29) is 0 Å². The maximum atomic E-state index is 11.2. The Labute approximate surface area is 127 Å². The molecule has 1 unspecified atom stereocenters. The lowest BCUT2D eigenvalue weighted by molar-refractivity contribution is -0.143. The molecule has 0 bridgehead atoms. The number of aliphatic carboxylic acids is 1. The Hall–Kier alpha value is -1.35. The molecule has 2 atom stereocenters. The molecular formula is C18H27NO2. The maximum Gasteiger partial charge on any atom is 0.323 e. The summed E-state index contributed by atoms with van der Waals surface area (Å²) in [5.41, 5.74) is 7.59. The van der Waals surface area contributed by atoms with E-state index in [0.29, 0.717) is 18.8 Å². The number of unbranched alkanes of at least 4 members (excludes halogenated alkanes) is 3. The Morgan fingerprint density at radius 1 is 1.38 bits per heavy atom. The molecule has 1 aromatic carbocycles. The van der Waals surface area contributed by atoms with Crippen LogP contribution in [0.15, 0.2) is 24.3 Å². The number of nitrogens with two attached hydrogens (primary N) is 1. The smallest absolute Gasteiger partial charge is 0.323 e. The SMILES string of the molecule is CCCCCCc1cccc([C@H]2CCC(N)(C(=O)O)C2)c1. The highest BCUT2D eigenvalue weighted by molar-refractivity contribution is 5.79. The topological polar surface area (TPSA) is 63.3 Å². The first kappa shape index (κ1) is 16.0. The first-order chi connectivity index (χ1) is 10.0. The Morgan fingerprint density at radius 3 is 2.86 bits per heavy atom. The van der Waals surface area contributed by atoms with E-state index in [1.165, 1.54) is 36.8 Å². The van der Waals surface area contributed by atoms with Gasteiger partial charge in [-0.2, -0.15) is 0 Å². The lowest BCUT2D eigenvalue weighted by Crippen LogP contribution is -2.45. The summed E-state index contributed by atoms with van der Waals surface area (Å²) in [6, 6.07) is 8.65. The van der Waals surface area contributed by atoms with E-state index in [0.717, 1.165) is 12.8 Å². The summed E-state index contributed by atoms with van der Waals surface area (Å²) in [5, 5.41) is 9.23. The third kappa shape index (κ3) is 4.07. The summed E-state index contributed by atoms with van der Waals surface area (Å²) < 4.78 is 0. The van der Waals surface area contributed by atoms with Gasteiger partial charge >= 0.3 is 5.97 Å². The molecule has 3 heteroatoms. The van der Waals surface area contributed by atoms with Gasteiger partial charge in [0.25, 0.3) is 0 Å². The van der Waals surface area contributed by atoms with E-state index in [1.807, 2.05) is 0 Å². The maximum absolute atomic E-state index is 11.2. The molecular weight excluding hydrogens is 262 g/mol. The van der Waals surface area contributed by atoms with Crippen LogP contribution in [0.1, 0.15) is 68.9 Å². The molecule has 0 amide bonds. The van der Waals surface area contributed by atoms with Crippen molar-refractivity contribution < 1.29 is 9.90 Å². The van der Waals surface area contributed by atoms with Gasteiger partial charge in [0.2, 0.25) is 0 Å². The first-order valence-electron chi connectivity index (χ1n) is 8.16. The van der Waals surface area contributed by atoms with Crippen molar-refractivity contribution in [3.63, 3.8) is 0 Å². The molecule has 3 N–H and O–H groups in total. The van der Waals surface area contributed by atoms with E-state index in [4.69, 9.17) is 5.73 Å². The minimum atomic E-state index is -1.03. The van der Waals surface area contributed by atoms with Crippen LogP contribution in [-0.4, -0.2) is 16.6 Å². The van der Waals surface area contributed by atoms with Crippen LogP contribution in [0, 0.1) is 0 Å². The Kier molecular flexibility index (Phi) is 5.40. The van der Waals surface area contributed by atoms with Crippen molar-refractivity contribution in [3.8, 4) is 0 Å². The molecule has 116 valence electrons. The fourth-order valence-corrected chi connectivity index (χ4v) is 3.31. The van der Waals surface area contributed by atoms with E-state index < -0.39 is 11.5 Å². The second kappa shape index (κ2) is 7.08. The molecule has 3 nitrogen and oxygen atoms in total. The van der Waals surface area contributed by atoms with Gasteiger partial charge in [0.1, 0.15) is 5.54 Å². The van der Waals surface area contributed by atoms with Crippen molar-refractivity contribution in [1.82, 2.24) is 0 Å². The Morgan fingerprint density at radius 2 is 2.19 bits per heavy atom. The summed E-state index contributed by atoms with van der Waals surface area (Å²) >= 11 is 0. The van der Waals surface area contributed by atoms with Gasteiger partial charge in [-0.25, -0.2) is 0 Å². The van der Waals surface area contributed by atoms with Crippen LogP contribution in [0.4, 0.5) is 0 Å². The number of carboxylic acid groups (broad SMARTS) is 1. The third-order valence-electron chi connectivity index (χ3n) is 4.72. The predicted octanol–water partition coefficient (Wildman–Crippen LogP) is 3.86. The van der Waals surface area contributed by atoms with Gasteiger partial charge in [0.05, 0.1) is 0 Å². The van der Waals surface area contributed by atoms with Crippen molar-refractivity contribution in [3.05, 3.63) is 35.4 Å². The molecule has 1 fully saturated rings. The van der Waals surface area contributed by atoms with E-state index in [1.54, 1.807) is 0 Å². The van der Waals surface area contributed by atoms with Crippen molar-refractivity contribution >= 4 is 5.97 Å². The number of rotatable bonds is 7. The van der Waals surface area contributed by atoms with Crippen LogP contribution in [0.5, 0.6) is 0 Å². The van der Waals surface area contributed by atoms with Gasteiger partial charge in [-0.15, -0.1) is 0 Å². The fourth-order valence-electron chi connectivity index (χ4n) is 3.31. The summed E-state index contributed by atoms with van der Waals surface area (Å²) in [6.07, 6.45) is 8.21. The minimum Gasteiger partial charge on any atom is -0.480 e. The predicted molar refractivity (Wildman–Crippen MR) is 85.4 cm³/mol. The number of hydrogen-bond acceptors (Lipinski definition) is 2. The van der Waals surface area contributed by atoms with E-state index >= 15 is 0 Å². The summed E-state index contributed by atoms with van der Waals surface area (Å²) in [6.45, 7) is 2.22. The number of hydrogen-bond donors (Lipinski definition) is 2. The number of aryl methyl sites for hydroxylation is 1. The van der Waals surface area contributed by atoms with Gasteiger partial charge in [-0.05, 0) is 49.1 Å². The molecule has 0 heterocycles. The molecule has 0 spiro atoms. The van der Waals surface area contributed by atoms with Crippen LogP contribution >= 0.6 is 0 Å². The molecule has 1 aliphatic rings. The molecule has 0 radical (unpaired) electrons. The highest BCUT2D eigenvalue weighted by Gasteiger charge is 2.42. The number of carboxylic acids is 1. The summed E-state index contributed by atoms with van der Waals surface area (Å²) in [5.74, 6) is -0.567. The average molecular weight is 289 g/mol. The van der Waals surface area contributed by atoms with Crippen molar-refractivity contribution in [2.45, 2.75) is 69.7 Å². The van der Waals surface area contributed by atoms with Crippen molar-refractivity contribution in [1.29, 1.82) is 0 Å². The highest BCUT2D eigenvalue weighted by atomic mass is 16.4. The summed E-state index contributed by atoms with van der Waals surface area (Å²) in [7, 11) is 0. The second-order valence-corrected chi connectivity index (χ2v) is 6.46. The van der Waals surface area contributed by atoms with E-state index in [2.05, 4.69) is 31.2 Å². The van der Waals surface area contributed by atoms with Gasteiger partial charge in [-0.3, -0.25) is 4.79 Å². The second-order valence-electron chi connectivity index (χ2n) is 6.46. The average Bonchev–Trinajstić information content (AvgIpc) is 2.88. The van der Waals surface area contributed by atoms with Gasteiger partial charge < -0.3 is 10.8 Å². The fraction of sp³-hybridized carbons (Fsp3) is 0.611. The lowest BCUT2D eigenvalue weighted by Gasteiger charge is -2.18. The van der Waals surface area contributed by atoms with Gasteiger partial charge in [0.15, 0.2) is 0 Å². The monoisotopic (exact) mass is 289 g/mol. The molecule has 0 saturated heterocycles. The summed E-state index contributed by atoms with van der Waals surface area (Å²) in [4.78, 5) is 11.2. The third-order valence-corrected chi connectivity index (χ3v) is 4.72. The van der Waals surface area contributed by atoms with Crippen LogP contribution in [-0.2, 0) is 11.2 Å². The lowest BCUT2D eigenvalue weighted by atomic mass is 9.91. The quantitative estimate of drug-likeness (QED) is 0.749. The highest BCUT2D eigenvalue weighted by Crippen LogP contribution is 2.40. The zero-order chi connectivity index (χ0) is 15.3. The zero-order valence-electron chi connectivity index (χ0n) is 13.0. The molecule has 1 aromatic rings. The van der Waals surface area contributed by atoms with E-state index in [9.17, 15) is 9.90 Å². The molecule has 21 heavy (non-hydrogen) atoms. The normalized spacial score (nSPS) is 25.1. The molecule has 1 aliphatic carbocycles. The zero-order valence-corrected chi connectivity index (χ0v) is 13.0. The van der Waals surface area contributed by atoms with Crippen molar-refractivity contribution in [2.24, 2.45) is 5.73 Å². The molecule has 0 aliphatic heterocycles. The van der Waals surface area contributed by atoms with Crippen LogP contribution in [0.25, 0.3) is 0 Å².